The quantitative estimate of drug-likeness (QED) is 0.0794. The number of methoxy groups -OCH3 is 1. The van der Waals surface area contributed by atoms with Gasteiger partial charge in [0.2, 0.25) is 0 Å². The molecule has 0 saturated heterocycles. The van der Waals surface area contributed by atoms with Crippen molar-refractivity contribution in [2.75, 3.05) is 33.5 Å². The Morgan fingerprint density at radius 1 is 0.535 bits per heavy atom. The number of ether oxygens (including phenoxy) is 4. The summed E-state index contributed by atoms with van der Waals surface area (Å²) < 4.78 is 119. The maximum absolute atomic E-state index is 12.3. The van der Waals surface area contributed by atoms with E-state index in [4.69, 9.17) is 51.8 Å². The number of halogens is 6. The van der Waals surface area contributed by atoms with Gasteiger partial charge in [-0.15, -0.1) is 0 Å². The zero-order valence-corrected chi connectivity index (χ0v) is 44.4. The zero-order chi connectivity index (χ0) is 55.4. The van der Waals surface area contributed by atoms with Crippen LogP contribution in [-0.4, -0.2) is 148 Å². The van der Waals surface area contributed by atoms with Crippen LogP contribution in [0.4, 0.5) is 26.3 Å². The first-order chi connectivity index (χ1) is 32.1. The van der Waals surface area contributed by atoms with E-state index in [0.29, 0.717) is 56.8 Å². The Hall–Kier alpha value is -3.05. The molecule has 414 valence electrons. The van der Waals surface area contributed by atoms with E-state index < -0.39 is 77.4 Å². The van der Waals surface area contributed by atoms with Gasteiger partial charge in [-0.25, -0.2) is 9.59 Å². The number of rotatable bonds is 7. The van der Waals surface area contributed by atoms with Crippen LogP contribution < -0.4 is 0 Å². The van der Waals surface area contributed by atoms with Crippen molar-refractivity contribution in [3.8, 4) is 0 Å². The van der Waals surface area contributed by atoms with Gasteiger partial charge in [0, 0.05) is 69.8 Å². The van der Waals surface area contributed by atoms with Gasteiger partial charge in [-0.1, -0.05) is 0 Å². The number of hydrogen-bond donors (Lipinski definition) is 5. The van der Waals surface area contributed by atoms with Gasteiger partial charge in [-0.05, 0) is 131 Å². The summed E-state index contributed by atoms with van der Waals surface area (Å²) in [7, 11) is 0.676. The summed E-state index contributed by atoms with van der Waals surface area (Å²) in [6.45, 7) is 12.7. The van der Waals surface area contributed by atoms with Crippen LogP contribution in [0.1, 0.15) is 120 Å². The molecule has 0 aromatic rings. The minimum Gasteiger partial charge on any atom is -0.463 e. The van der Waals surface area contributed by atoms with E-state index in [1.807, 2.05) is 0 Å². The molecule has 5 N–H and O–H groups in total. The Morgan fingerprint density at radius 3 is 0.986 bits per heavy atom. The van der Waals surface area contributed by atoms with E-state index in [-0.39, 0.29) is 94.8 Å². The normalized spacial score (nSPS) is 25.3. The Kier molecular flexibility index (Phi) is 38.6. The van der Waals surface area contributed by atoms with Gasteiger partial charge in [0.1, 0.15) is 31.4 Å². The molecule has 8 aliphatic carbocycles. The average molecular weight is 1120 g/mol. The molecule has 0 aromatic heterocycles. The summed E-state index contributed by atoms with van der Waals surface area (Å²) in [5.41, 5.74) is -1.09. The van der Waals surface area contributed by atoms with Crippen molar-refractivity contribution in [1.29, 1.82) is 0 Å². The van der Waals surface area contributed by atoms with Gasteiger partial charge < -0.3 is 44.5 Å². The number of aliphatic hydroxyl groups excluding tert-OH is 5. The van der Waals surface area contributed by atoms with Crippen LogP contribution in [0.15, 0.2) is 0 Å². The molecule has 8 bridgehead atoms. The monoisotopic (exact) mass is 1120 g/mol. The second-order valence-corrected chi connectivity index (χ2v) is 18.5. The van der Waals surface area contributed by atoms with E-state index in [2.05, 4.69) is 9.47 Å². The third kappa shape index (κ3) is 30.7. The average Bonchev–Trinajstić information content (AvgIpc) is 3.21. The predicted octanol–water partition coefficient (Wildman–Crippen LogP) is 3.88. The summed E-state index contributed by atoms with van der Waals surface area (Å²) in [6, 6.07) is 0. The molecule has 28 heteroatoms. The Labute approximate surface area is 431 Å². The fourth-order valence-electron chi connectivity index (χ4n) is 8.90. The van der Waals surface area contributed by atoms with Crippen LogP contribution in [0.2, 0.25) is 0 Å². The van der Waals surface area contributed by atoms with Crippen LogP contribution in [-0.2, 0) is 92.6 Å². The summed E-state index contributed by atoms with van der Waals surface area (Å²) in [4.78, 5) is 68.5. The number of carbonyl (C=O) groups is 6. The smallest absolute Gasteiger partial charge is 0.463 e. The van der Waals surface area contributed by atoms with Crippen LogP contribution in [0, 0.1) is 46.3 Å². The topological polar surface area (TPSA) is 309 Å². The van der Waals surface area contributed by atoms with E-state index in [0.717, 1.165) is 32.1 Å². The zero-order valence-electron chi connectivity index (χ0n) is 41.2. The first-order valence-corrected chi connectivity index (χ1v) is 23.4. The number of Topliss-reactive ketones (excluding diaryl/α,β-unsaturated/α-hetero) is 2. The van der Waals surface area contributed by atoms with Crippen molar-refractivity contribution >= 4 is 58.6 Å². The van der Waals surface area contributed by atoms with E-state index in [1.54, 1.807) is 55.4 Å². The van der Waals surface area contributed by atoms with Gasteiger partial charge in [-0.2, -0.15) is 43.2 Å². The standard InChI is InChI=1S/C15H17F3O5.C13H18O4.C3H3F3O2.4C3H8O.2O2S.Ti/c16-15(17,18)13(21)23-2-1-22-12(20)14-5-8-3-9(6-14)11(19)10(4-8)7-14;14-1-2-17-12(16)13-5-8-3-9(6-13)11(15)10(4-8)7-13;1-8-2(7)3(4,5)6;4*1-3(2)4;2*1-3-2;/h8-10H,1-7H2;8-10,14H,1-7H2;1H3;4*3-4H,1-2H3;;;. The molecule has 0 aliphatic heterocycles. The number of aliphatic hydroxyl groups is 5. The van der Waals surface area contributed by atoms with Gasteiger partial charge in [-0.3, -0.25) is 19.2 Å². The Bertz CT molecular complexity index is 1600. The van der Waals surface area contributed by atoms with Gasteiger partial charge in [0.25, 0.3) is 0 Å². The molecule has 0 amide bonds. The molecule has 0 heterocycles. The Morgan fingerprint density at radius 2 is 0.775 bits per heavy atom. The van der Waals surface area contributed by atoms with Crippen molar-refractivity contribution in [1.82, 2.24) is 0 Å². The number of alkyl halides is 6. The van der Waals surface area contributed by atoms with Crippen molar-refractivity contribution in [3.05, 3.63) is 0 Å². The molecule has 0 radical (unpaired) electrons. The van der Waals surface area contributed by atoms with E-state index in [1.165, 1.54) is 0 Å². The fourth-order valence-corrected chi connectivity index (χ4v) is 8.90. The second kappa shape index (κ2) is 36.8. The molecule has 8 rings (SSSR count). The Balaban J connectivity index is -0.000000409. The van der Waals surface area contributed by atoms with Crippen LogP contribution in [0.5, 0.6) is 0 Å². The summed E-state index contributed by atoms with van der Waals surface area (Å²) in [5.74, 6) is -3.60. The van der Waals surface area contributed by atoms with Gasteiger partial charge in [0.05, 0.1) is 24.5 Å². The SMILES string of the molecule is CC(C)O.CC(C)O.CC(C)O.CC(C)O.COC(=O)C(F)(F)F.O=C1C2CC3CC1CC(C(=O)OCCO)(C3)C2.O=C1C2CC3CC1CC(C(=O)OCCOC(=O)C(F)(F)F)(C3)C2.O=S=O.O=S=O.[Ti]. The van der Waals surface area contributed by atoms with Crippen LogP contribution in [0.3, 0.4) is 0 Å². The second-order valence-electron chi connectivity index (χ2n) is 18.2. The molecule has 4 unspecified atom stereocenters. The van der Waals surface area contributed by atoms with Crippen molar-refractivity contribution in [2.24, 2.45) is 46.3 Å². The fraction of sp³-hybridized carbons (Fsp3) is 0.860. The third-order valence-corrected chi connectivity index (χ3v) is 10.4. The van der Waals surface area contributed by atoms with Crippen LogP contribution >= 0.6 is 0 Å². The first kappa shape index (κ1) is 74.5. The number of carbonyl (C=O) groups excluding carboxylic acids is 6. The predicted molar refractivity (Wildman–Crippen MR) is 233 cm³/mol. The molecule has 8 aliphatic rings. The van der Waals surface area contributed by atoms with Gasteiger partial charge in [0.15, 0.2) is 0 Å². The van der Waals surface area contributed by atoms with Crippen molar-refractivity contribution in [2.45, 2.75) is 156 Å². The minimum absolute atomic E-state index is 0. The van der Waals surface area contributed by atoms with E-state index >= 15 is 0 Å². The summed E-state index contributed by atoms with van der Waals surface area (Å²) in [6.07, 6.45) is -3.09. The largest absolute Gasteiger partial charge is 0.490 e. The number of ketones is 2. The molecule has 0 aromatic carbocycles. The number of hydrogen-bond acceptors (Lipinski definition) is 19. The van der Waals surface area contributed by atoms with E-state index in [9.17, 15) is 55.1 Å². The molecule has 19 nitrogen and oxygen atoms in total. The molecule has 4 atom stereocenters. The van der Waals surface area contributed by atoms with Gasteiger partial charge >= 0.3 is 59.4 Å². The molecule has 71 heavy (non-hydrogen) atoms. The molecule has 8 fully saturated rings. The molecular weight excluding hydrogens is 1050 g/mol. The first-order valence-electron chi connectivity index (χ1n) is 22.1. The summed E-state index contributed by atoms with van der Waals surface area (Å²) in [5, 5.41) is 40.9. The van der Waals surface area contributed by atoms with Crippen LogP contribution in [0.25, 0.3) is 0 Å². The summed E-state index contributed by atoms with van der Waals surface area (Å²) >= 11 is -1.50. The van der Waals surface area contributed by atoms with Crippen molar-refractivity contribution in [3.63, 3.8) is 0 Å². The van der Waals surface area contributed by atoms with Crippen molar-refractivity contribution < 1.29 is 138 Å². The molecule has 8 saturated carbocycles. The maximum atomic E-state index is 12.3. The maximum Gasteiger partial charge on any atom is 0.490 e. The third-order valence-electron chi connectivity index (χ3n) is 10.4. The molecular formula is C43H70F6O19S2Ti. The minimum atomic E-state index is -5.05. The molecule has 0 spiro atoms. The number of esters is 4.